The molecule has 0 aromatic heterocycles. The third kappa shape index (κ3) is 12.2. The van der Waals surface area contributed by atoms with E-state index in [1.807, 2.05) is 0 Å². The topological polar surface area (TPSA) is 55.4 Å². The van der Waals surface area contributed by atoms with Gasteiger partial charge >= 0.3 is 0 Å². The lowest BCUT2D eigenvalue weighted by atomic mass is 10.4. The van der Waals surface area contributed by atoms with Crippen LogP contribution in [0.4, 0.5) is 0 Å². The van der Waals surface area contributed by atoms with E-state index in [1.54, 1.807) is 14.2 Å². The van der Waals surface area contributed by atoms with Crippen LogP contribution in [0.15, 0.2) is 0 Å². The van der Waals surface area contributed by atoms with Crippen LogP contribution < -0.4 is 0 Å². The van der Waals surface area contributed by atoms with Crippen molar-refractivity contribution >= 4 is 0 Å². The average Bonchev–Trinajstić information content (AvgIpc) is 2.39. The Morgan fingerprint density at radius 3 is 1.89 bits per heavy atom. The molecule has 0 aromatic carbocycles. The third-order valence-electron chi connectivity index (χ3n) is 2.05. The zero-order valence-corrected chi connectivity index (χ0v) is 11.4. The van der Waals surface area contributed by atoms with Crippen LogP contribution in [0.2, 0.25) is 0 Å². The predicted molar refractivity (Wildman–Crippen MR) is 66.4 cm³/mol. The quantitative estimate of drug-likeness (QED) is 0.337. The minimum Gasteiger partial charge on any atom is -0.553 e. The summed E-state index contributed by atoms with van der Waals surface area (Å²) in [5.41, 5.74) is 0. The number of hydrogen-bond acceptors (Lipinski definition) is 6. The summed E-state index contributed by atoms with van der Waals surface area (Å²) in [5, 5.41) is 0. The smallest absolute Gasteiger partial charge is 0.104 e. The molecule has 0 aliphatic carbocycles. The Labute approximate surface area is 109 Å². The molecule has 0 aromatic rings. The first-order valence-corrected chi connectivity index (χ1v) is 5.97. The summed E-state index contributed by atoms with van der Waals surface area (Å²) in [6.07, 6.45) is -0.109. The molecule has 0 rings (SSSR count). The van der Waals surface area contributed by atoms with Gasteiger partial charge in [0.15, 0.2) is 0 Å². The van der Waals surface area contributed by atoms with Crippen molar-refractivity contribution in [1.82, 2.24) is 0 Å². The predicted octanol–water partition coefficient (Wildman–Crippen LogP) is 0.506. The Kier molecular flexibility index (Phi) is 14.6. The van der Waals surface area contributed by atoms with E-state index in [0.717, 1.165) is 0 Å². The van der Waals surface area contributed by atoms with E-state index >= 15 is 0 Å². The first-order valence-electron chi connectivity index (χ1n) is 5.97. The minimum atomic E-state index is -0.109. The van der Waals surface area contributed by atoms with Gasteiger partial charge in [-0.15, -0.1) is 0 Å². The molecule has 18 heavy (non-hydrogen) atoms. The van der Waals surface area contributed by atoms with Gasteiger partial charge in [-0.05, 0) is 0 Å². The number of methoxy groups -OCH3 is 2. The van der Waals surface area contributed by atoms with Crippen molar-refractivity contribution in [2.24, 2.45) is 0 Å². The van der Waals surface area contributed by atoms with Gasteiger partial charge in [0.05, 0.1) is 46.2 Å². The Morgan fingerprint density at radius 2 is 1.33 bits per heavy atom. The van der Waals surface area contributed by atoms with Crippen molar-refractivity contribution in [1.29, 1.82) is 0 Å². The first kappa shape index (κ1) is 17.8. The maximum Gasteiger partial charge on any atom is 0.104 e. The van der Waals surface area contributed by atoms with Crippen LogP contribution in [-0.2, 0) is 28.4 Å². The molecule has 0 amide bonds. The summed E-state index contributed by atoms with van der Waals surface area (Å²) in [6.45, 7) is 4.07. The van der Waals surface area contributed by atoms with Crippen LogP contribution in [0.1, 0.15) is 0 Å². The van der Waals surface area contributed by atoms with E-state index in [2.05, 4.69) is 11.8 Å². The van der Waals surface area contributed by atoms with E-state index in [1.165, 1.54) is 0 Å². The fourth-order valence-electron chi connectivity index (χ4n) is 1.13. The lowest BCUT2D eigenvalue weighted by Gasteiger charge is -2.18. The molecule has 0 radical (unpaired) electrons. The van der Waals surface area contributed by atoms with E-state index < -0.39 is 0 Å². The molecular formula is C12H25O6-. The van der Waals surface area contributed by atoms with Gasteiger partial charge in [-0.25, -0.2) is 7.11 Å². The van der Waals surface area contributed by atoms with E-state index in [-0.39, 0.29) is 6.10 Å². The molecule has 0 saturated carbocycles. The lowest BCUT2D eigenvalue weighted by molar-refractivity contribution is -0.0775. The summed E-state index contributed by atoms with van der Waals surface area (Å²) >= 11 is 0. The van der Waals surface area contributed by atoms with Gasteiger partial charge in [-0.1, -0.05) is 0 Å². The molecule has 0 heterocycles. The Hall–Kier alpha value is -0.240. The normalized spacial score (nSPS) is 12.8. The lowest BCUT2D eigenvalue weighted by Crippen LogP contribution is -2.28. The second kappa shape index (κ2) is 14.8. The van der Waals surface area contributed by atoms with Gasteiger partial charge in [0.25, 0.3) is 0 Å². The fraction of sp³-hybridized carbons (Fsp3) is 0.917. The van der Waals surface area contributed by atoms with Crippen molar-refractivity contribution in [2.75, 3.05) is 67.1 Å². The summed E-state index contributed by atoms with van der Waals surface area (Å²) in [6, 6.07) is 0. The van der Waals surface area contributed by atoms with Crippen molar-refractivity contribution in [3.8, 4) is 0 Å². The molecular weight excluding hydrogens is 240 g/mol. The Bertz CT molecular complexity index is 144. The molecule has 1 atom stereocenters. The largest absolute Gasteiger partial charge is 0.553 e. The van der Waals surface area contributed by atoms with Crippen molar-refractivity contribution in [2.45, 2.75) is 6.10 Å². The molecule has 0 bridgehead atoms. The first-order chi connectivity index (χ1) is 8.85. The molecule has 6 heteroatoms. The number of ether oxygens (including phenoxy) is 6. The van der Waals surface area contributed by atoms with E-state index in [4.69, 9.17) is 23.7 Å². The van der Waals surface area contributed by atoms with Crippen LogP contribution >= 0.6 is 0 Å². The molecule has 0 spiro atoms. The monoisotopic (exact) mass is 265 g/mol. The highest BCUT2D eigenvalue weighted by Gasteiger charge is 2.09. The van der Waals surface area contributed by atoms with Gasteiger partial charge in [-0.2, -0.15) is 0 Å². The maximum atomic E-state index is 5.57. The standard InChI is InChI=1S/C12H25O6/c1-13-4-7-16-10-12(18-9-6-15-3)11-17-8-5-14-2/h12H,1,4-11H2,2-3H3/q-1. The molecule has 0 aliphatic rings. The Morgan fingerprint density at radius 1 is 0.778 bits per heavy atom. The van der Waals surface area contributed by atoms with Gasteiger partial charge in [0.1, 0.15) is 6.10 Å². The molecule has 0 aliphatic heterocycles. The molecule has 110 valence electrons. The summed E-state index contributed by atoms with van der Waals surface area (Å²) < 4.78 is 30.8. The van der Waals surface area contributed by atoms with E-state index in [0.29, 0.717) is 52.9 Å². The molecule has 0 fully saturated rings. The highest BCUT2D eigenvalue weighted by molar-refractivity contribution is 4.55. The van der Waals surface area contributed by atoms with Crippen molar-refractivity contribution in [3.63, 3.8) is 0 Å². The highest BCUT2D eigenvalue weighted by Crippen LogP contribution is 1.96. The fourth-order valence-corrected chi connectivity index (χ4v) is 1.13. The van der Waals surface area contributed by atoms with Gasteiger partial charge in [0.2, 0.25) is 0 Å². The Balaban J connectivity index is 3.62. The van der Waals surface area contributed by atoms with Crippen LogP contribution in [0, 0.1) is 7.11 Å². The maximum absolute atomic E-state index is 5.57. The molecule has 6 nitrogen and oxygen atoms in total. The van der Waals surface area contributed by atoms with Crippen LogP contribution in [0.5, 0.6) is 0 Å². The molecule has 0 N–H and O–H groups in total. The van der Waals surface area contributed by atoms with Gasteiger partial charge in [-0.3, -0.25) is 0 Å². The second-order valence-corrected chi connectivity index (χ2v) is 3.54. The van der Waals surface area contributed by atoms with Crippen LogP contribution in [0.3, 0.4) is 0 Å². The van der Waals surface area contributed by atoms with Crippen LogP contribution in [-0.4, -0.2) is 73.2 Å². The number of rotatable bonds is 14. The minimum absolute atomic E-state index is 0.109. The zero-order valence-electron chi connectivity index (χ0n) is 11.4. The van der Waals surface area contributed by atoms with Crippen molar-refractivity contribution in [3.05, 3.63) is 7.11 Å². The average molecular weight is 265 g/mol. The molecule has 1 unspecified atom stereocenters. The van der Waals surface area contributed by atoms with Crippen LogP contribution in [0.25, 0.3) is 0 Å². The third-order valence-corrected chi connectivity index (χ3v) is 2.05. The molecule has 0 saturated heterocycles. The summed E-state index contributed by atoms with van der Waals surface area (Å²) in [4.78, 5) is 0. The summed E-state index contributed by atoms with van der Waals surface area (Å²) in [5.74, 6) is 0. The van der Waals surface area contributed by atoms with Gasteiger partial charge in [0, 0.05) is 20.8 Å². The second-order valence-electron chi connectivity index (χ2n) is 3.54. The SMILES string of the molecule is [CH2-]OCCOCC(COCCOC)OCCOC. The van der Waals surface area contributed by atoms with Crippen molar-refractivity contribution < 1.29 is 28.4 Å². The number of hydrogen-bond donors (Lipinski definition) is 0. The highest BCUT2D eigenvalue weighted by atomic mass is 16.6. The summed E-state index contributed by atoms with van der Waals surface area (Å²) in [7, 11) is 6.54. The van der Waals surface area contributed by atoms with E-state index in [9.17, 15) is 0 Å². The van der Waals surface area contributed by atoms with Gasteiger partial charge < -0.3 is 28.4 Å². The zero-order chi connectivity index (χ0) is 13.5.